The molecule has 1 heterocycles. The number of fused-ring (bicyclic) bond motifs is 2. The molecule has 0 fully saturated rings. The summed E-state index contributed by atoms with van der Waals surface area (Å²) in [5.74, 6) is 0. The Morgan fingerprint density at radius 1 is 1.25 bits per heavy atom. The van der Waals surface area contributed by atoms with E-state index in [1.807, 2.05) is 0 Å². The first-order valence-corrected chi connectivity index (χ1v) is 5.89. The van der Waals surface area contributed by atoms with Crippen LogP contribution in [0, 0.1) is 5.41 Å². The third-order valence-electron chi connectivity index (χ3n) is 3.66. The third-order valence-corrected chi connectivity index (χ3v) is 3.66. The minimum Gasteiger partial charge on any atom is -0.377 e. The normalized spacial score (nSPS) is 25.1. The monoisotopic (exact) mass is 211 g/mol. The highest BCUT2D eigenvalue weighted by molar-refractivity contribution is 5.60. The largest absolute Gasteiger partial charge is 0.377 e. The summed E-state index contributed by atoms with van der Waals surface area (Å²) in [6, 6.07) is 9.07. The van der Waals surface area contributed by atoms with Crippen LogP contribution >= 0.6 is 0 Å². The van der Waals surface area contributed by atoms with Crippen LogP contribution in [0.15, 0.2) is 48.1 Å². The van der Waals surface area contributed by atoms with Crippen LogP contribution in [0.1, 0.15) is 19.4 Å². The number of nitrogens with one attached hydrogen (secondary N) is 1. The van der Waals surface area contributed by atoms with E-state index in [-0.39, 0.29) is 5.41 Å². The smallest absolute Gasteiger partial charge is 0.0565 e. The van der Waals surface area contributed by atoms with Crippen molar-refractivity contribution in [2.75, 3.05) is 5.32 Å². The van der Waals surface area contributed by atoms with E-state index in [4.69, 9.17) is 0 Å². The van der Waals surface area contributed by atoms with Gasteiger partial charge in [0.1, 0.15) is 0 Å². The summed E-state index contributed by atoms with van der Waals surface area (Å²) in [6.45, 7) is 4.59. The second kappa shape index (κ2) is 3.24. The van der Waals surface area contributed by atoms with Gasteiger partial charge in [0.25, 0.3) is 0 Å². The summed E-state index contributed by atoms with van der Waals surface area (Å²) in [6.07, 6.45) is 7.84. The van der Waals surface area contributed by atoms with E-state index in [0.717, 1.165) is 6.42 Å². The molecule has 1 aliphatic carbocycles. The average molecular weight is 211 g/mol. The van der Waals surface area contributed by atoms with Gasteiger partial charge in [0.05, 0.1) is 6.04 Å². The Bertz CT molecular complexity index is 480. The van der Waals surface area contributed by atoms with E-state index in [1.54, 1.807) is 0 Å². The molecular formula is C15H17N. The number of hydrogen-bond donors (Lipinski definition) is 1. The molecule has 2 aliphatic rings. The maximum atomic E-state index is 3.67. The van der Waals surface area contributed by atoms with Gasteiger partial charge in [0.2, 0.25) is 0 Å². The molecular weight excluding hydrogens is 194 g/mol. The van der Waals surface area contributed by atoms with E-state index in [9.17, 15) is 0 Å². The topological polar surface area (TPSA) is 12.0 Å². The number of para-hydroxylation sites is 1. The van der Waals surface area contributed by atoms with Gasteiger partial charge in [-0.05, 0) is 23.6 Å². The van der Waals surface area contributed by atoms with Crippen molar-refractivity contribution in [2.24, 2.45) is 5.41 Å². The standard InChI is InChI=1S/C15H17N/c1-15(2)9-5-7-12-10-11-6-3-4-8-13(11)16-14(12)15/h3-9,14,16H,10H2,1-2H3. The van der Waals surface area contributed by atoms with E-state index < -0.39 is 0 Å². The molecule has 1 N–H and O–H groups in total. The van der Waals surface area contributed by atoms with Crippen molar-refractivity contribution in [1.82, 2.24) is 0 Å². The van der Waals surface area contributed by atoms with Crippen LogP contribution in [0.2, 0.25) is 0 Å². The lowest BCUT2D eigenvalue weighted by Gasteiger charge is -2.40. The fourth-order valence-electron chi connectivity index (χ4n) is 2.72. The molecule has 0 amide bonds. The fraction of sp³-hybridized carbons (Fsp3) is 0.333. The summed E-state index contributed by atoms with van der Waals surface area (Å²) in [5.41, 5.74) is 4.42. The Balaban J connectivity index is 2.05. The molecule has 1 nitrogen and oxygen atoms in total. The predicted octanol–water partition coefficient (Wildman–Crippen LogP) is 3.55. The maximum absolute atomic E-state index is 3.67. The highest BCUT2D eigenvalue weighted by Gasteiger charge is 2.34. The quantitative estimate of drug-likeness (QED) is 0.692. The van der Waals surface area contributed by atoms with Gasteiger partial charge < -0.3 is 5.32 Å². The zero-order valence-corrected chi connectivity index (χ0v) is 9.83. The molecule has 0 spiro atoms. The van der Waals surface area contributed by atoms with Crippen molar-refractivity contribution in [2.45, 2.75) is 26.3 Å². The van der Waals surface area contributed by atoms with Gasteiger partial charge in [-0.2, -0.15) is 0 Å². The molecule has 1 unspecified atom stereocenters. The molecule has 0 aromatic heterocycles. The summed E-state index contributed by atoms with van der Waals surface area (Å²) in [5, 5.41) is 3.67. The first-order valence-electron chi connectivity index (χ1n) is 5.89. The van der Waals surface area contributed by atoms with Crippen LogP contribution in [-0.2, 0) is 6.42 Å². The van der Waals surface area contributed by atoms with Crippen LogP contribution in [0.4, 0.5) is 5.69 Å². The van der Waals surface area contributed by atoms with Crippen LogP contribution in [0.25, 0.3) is 0 Å². The summed E-state index contributed by atoms with van der Waals surface area (Å²) < 4.78 is 0. The molecule has 1 aromatic carbocycles. The highest BCUT2D eigenvalue weighted by Crippen LogP contribution is 2.39. The van der Waals surface area contributed by atoms with Crippen LogP contribution in [0.5, 0.6) is 0 Å². The van der Waals surface area contributed by atoms with E-state index in [0.29, 0.717) is 6.04 Å². The SMILES string of the molecule is CC1(C)C=CC=C2Cc3ccccc3NC21. The molecule has 0 saturated heterocycles. The van der Waals surface area contributed by atoms with Crippen molar-refractivity contribution >= 4 is 5.69 Å². The summed E-state index contributed by atoms with van der Waals surface area (Å²) in [4.78, 5) is 0. The molecule has 1 aromatic rings. The Labute approximate surface area is 96.9 Å². The Hall–Kier alpha value is -1.50. The Kier molecular flexibility index (Phi) is 1.97. The minimum atomic E-state index is 0.206. The molecule has 82 valence electrons. The van der Waals surface area contributed by atoms with Crippen molar-refractivity contribution in [3.63, 3.8) is 0 Å². The molecule has 1 atom stereocenters. The van der Waals surface area contributed by atoms with Gasteiger partial charge in [0.15, 0.2) is 0 Å². The molecule has 1 aliphatic heterocycles. The third kappa shape index (κ3) is 1.39. The van der Waals surface area contributed by atoms with Crippen molar-refractivity contribution in [1.29, 1.82) is 0 Å². The fourth-order valence-corrected chi connectivity index (χ4v) is 2.72. The molecule has 0 radical (unpaired) electrons. The zero-order valence-electron chi connectivity index (χ0n) is 9.83. The number of rotatable bonds is 0. The lowest BCUT2D eigenvalue weighted by atomic mass is 9.73. The number of allylic oxidation sites excluding steroid dienone is 2. The second-order valence-electron chi connectivity index (χ2n) is 5.33. The van der Waals surface area contributed by atoms with Gasteiger partial charge in [-0.15, -0.1) is 0 Å². The first-order chi connectivity index (χ1) is 7.67. The lowest BCUT2D eigenvalue weighted by Crippen LogP contribution is -2.41. The first kappa shape index (κ1) is 9.71. The van der Waals surface area contributed by atoms with Crippen LogP contribution in [-0.4, -0.2) is 6.04 Å². The van der Waals surface area contributed by atoms with Gasteiger partial charge in [-0.1, -0.05) is 50.3 Å². The maximum Gasteiger partial charge on any atom is 0.0565 e. The highest BCUT2D eigenvalue weighted by atomic mass is 15.0. The number of benzene rings is 1. The van der Waals surface area contributed by atoms with E-state index in [2.05, 4.69) is 61.7 Å². The summed E-state index contributed by atoms with van der Waals surface area (Å²) in [7, 11) is 0. The molecule has 3 rings (SSSR count). The molecule has 0 bridgehead atoms. The van der Waals surface area contributed by atoms with Crippen LogP contribution in [0.3, 0.4) is 0 Å². The average Bonchev–Trinajstić information content (AvgIpc) is 2.27. The number of hydrogen-bond acceptors (Lipinski definition) is 1. The van der Waals surface area contributed by atoms with Crippen molar-refractivity contribution in [3.05, 3.63) is 53.6 Å². The Morgan fingerprint density at radius 3 is 2.94 bits per heavy atom. The van der Waals surface area contributed by atoms with Crippen molar-refractivity contribution in [3.8, 4) is 0 Å². The minimum absolute atomic E-state index is 0.206. The zero-order chi connectivity index (χ0) is 11.2. The van der Waals surface area contributed by atoms with E-state index in [1.165, 1.54) is 16.8 Å². The van der Waals surface area contributed by atoms with Crippen LogP contribution < -0.4 is 5.32 Å². The van der Waals surface area contributed by atoms with Gasteiger partial charge in [-0.3, -0.25) is 0 Å². The molecule has 16 heavy (non-hydrogen) atoms. The lowest BCUT2D eigenvalue weighted by molar-refractivity contribution is 0.417. The van der Waals surface area contributed by atoms with E-state index >= 15 is 0 Å². The Morgan fingerprint density at radius 2 is 2.06 bits per heavy atom. The van der Waals surface area contributed by atoms with Gasteiger partial charge in [0, 0.05) is 11.1 Å². The second-order valence-corrected chi connectivity index (χ2v) is 5.33. The van der Waals surface area contributed by atoms with Gasteiger partial charge >= 0.3 is 0 Å². The number of anilines is 1. The van der Waals surface area contributed by atoms with Gasteiger partial charge in [-0.25, -0.2) is 0 Å². The predicted molar refractivity (Wildman–Crippen MR) is 68.6 cm³/mol. The summed E-state index contributed by atoms with van der Waals surface area (Å²) >= 11 is 0. The molecule has 1 heteroatoms. The van der Waals surface area contributed by atoms with Crippen molar-refractivity contribution < 1.29 is 0 Å². The molecule has 0 saturated carbocycles.